The lowest BCUT2D eigenvalue weighted by atomic mass is 9.93. The van der Waals surface area contributed by atoms with Gasteiger partial charge in [-0.1, -0.05) is 36.4 Å². The Hall–Kier alpha value is -3.27. The number of benzene rings is 2. The van der Waals surface area contributed by atoms with Crippen LogP contribution in [0.15, 0.2) is 65.9 Å². The molecule has 0 radical (unpaired) electrons. The van der Waals surface area contributed by atoms with E-state index in [1.807, 2.05) is 0 Å². The number of rotatable bonds is 2. The molecule has 0 amide bonds. The molecule has 2 aliphatic rings. The number of hydrogen-bond acceptors (Lipinski definition) is 4. The standard InChI is InChI=1S/C22H15F6NO3/c1-31-20(30)17-18(13-6-9-14(10-7-13)21(23,24)25)32-16-11-8-12-4-2-3-5-15(12)29(16)19(17)22(26,27)28/h2-11,16,18H,1H3/t16-,18+/m1/s1. The highest BCUT2D eigenvalue weighted by Crippen LogP contribution is 2.48. The number of fused-ring (bicyclic) bond motifs is 3. The van der Waals surface area contributed by atoms with Crippen molar-refractivity contribution in [2.45, 2.75) is 24.7 Å². The maximum atomic E-state index is 14.3. The van der Waals surface area contributed by atoms with Crippen molar-refractivity contribution in [2.24, 2.45) is 0 Å². The van der Waals surface area contributed by atoms with E-state index in [1.165, 1.54) is 12.1 Å². The number of nitrogens with zero attached hydrogens (tertiary/aromatic N) is 1. The van der Waals surface area contributed by atoms with Gasteiger partial charge in [0.05, 0.1) is 23.9 Å². The Kier molecular flexibility index (Phi) is 5.28. The van der Waals surface area contributed by atoms with Crippen LogP contribution in [0.3, 0.4) is 0 Å². The van der Waals surface area contributed by atoms with Gasteiger partial charge < -0.3 is 14.4 Å². The second-order valence-electron chi connectivity index (χ2n) is 7.07. The van der Waals surface area contributed by atoms with Crippen molar-refractivity contribution in [3.63, 3.8) is 0 Å². The Labute approximate surface area is 178 Å². The third kappa shape index (κ3) is 3.75. The van der Waals surface area contributed by atoms with Crippen molar-refractivity contribution >= 4 is 17.7 Å². The van der Waals surface area contributed by atoms with Crippen LogP contribution in [0.1, 0.15) is 22.8 Å². The second kappa shape index (κ2) is 7.70. The highest BCUT2D eigenvalue weighted by atomic mass is 19.4. The third-order valence-corrected chi connectivity index (χ3v) is 5.14. The lowest BCUT2D eigenvalue weighted by molar-refractivity contribution is -0.142. The van der Waals surface area contributed by atoms with Crippen LogP contribution in [0.5, 0.6) is 0 Å². The minimum atomic E-state index is -4.99. The molecule has 168 valence electrons. The van der Waals surface area contributed by atoms with E-state index >= 15 is 0 Å². The summed E-state index contributed by atoms with van der Waals surface area (Å²) in [6.07, 6.45) is -9.50. The summed E-state index contributed by atoms with van der Waals surface area (Å²) in [7, 11) is 0.920. The molecule has 2 aliphatic heterocycles. The molecule has 0 saturated carbocycles. The quantitative estimate of drug-likeness (QED) is 0.435. The van der Waals surface area contributed by atoms with Gasteiger partial charge in [-0.25, -0.2) is 4.79 Å². The molecular weight excluding hydrogens is 440 g/mol. The monoisotopic (exact) mass is 455 g/mol. The fourth-order valence-electron chi connectivity index (χ4n) is 3.77. The summed E-state index contributed by atoms with van der Waals surface area (Å²) >= 11 is 0. The third-order valence-electron chi connectivity index (χ3n) is 5.14. The molecule has 4 nitrogen and oxygen atoms in total. The van der Waals surface area contributed by atoms with E-state index in [0.29, 0.717) is 5.56 Å². The summed E-state index contributed by atoms with van der Waals surface area (Å²) in [5.41, 5.74) is -2.52. The predicted octanol–water partition coefficient (Wildman–Crippen LogP) is 5.63. The second-order valence-corrected chi connectivity index (χ2v) is 7.07. The minimum Gasteiger partial charge on any atom is -0.466 e. The van der Waals surface area contributed by atoms with E-state index in [4.69, 9.17) is 4.74 Å². The van der Waals surface area contributed by atoms with Gasteiger partial charge in [-0.2, -0.15) is 26.3 Å². The summed E-state index contributed by atoms with van der Waals surface area (Å²) in [6.45, 7) is 0. The molecule has 0 unspecified atom stereocenters. The lowest BCUT2D eigenvalue weighted by Crippen LogP contribution is -2.49. The molecule has 2 aromatic carbocycles. The smallest absolute Gasteiger partial charge is 0.432 e. The molecule has 0 N–H and O–H groups in total. The van der Waals surface area contributed by atoms with Gasteiger partial charge in [0.2, 0.25) is 0 Å². The van der Waals surface area contributed by atoms with E-state index in [2.05, 4.69) is 4.74 Å². The number of carbonyl (C=O) groups is 1. The van der Waals surface area contributed by atoms with Crippen LogP contribution in [-0.4, -0.2) is 25.5 Å². The number of methoxy groups -OCH3 is 1. The predicted molar refractivity (Wildman–Crippen MR) is 102 cm³/mol. The Balaban J connectivity index is 1.93. The molecule has 2 aromatic rings. The number of anilines is 1. The first-order valence-corrected chi connectivity index (χ1v) is 9.31. The largest absolute Gasteiger partial charge is 0.466 e. The van der Waals surface area contributed by atoms with Crippen molar-refractivity contribution in [3.8, 4) is 0 Å². The summed E-state index contributed by atoms with van der Waals surface area (Å²) in [5.74, 6) is -1.30. The maximum absolute atomic E-state index is 14.3. The molecule has 0 aliphatic carbocycles. The maximum Gasteiger partial charge on any atom is 0.432 e. The average molecular weight is 455 g/mol. The molecule has 0 saturated heterocycles. The van der Waals surface area contributed by atoms with Gasteiger partial charge in [0.1, 0.15) is 11.8 Å². The van der Waals surface area contributed by atoms with Crippen LogP contribution < -0.4 is 4.90 Å². The van der Waals surface area contributed by atoms with Crippen molar-refractivity contribution < 1.29 is 40.6 Å². The number of alkyl halides is 6. The van der Waals surface area contributed by atoms with Gasteiger partial charge in [0.25, 0.3) is 0 Å². The Bertz CT molecular complexity index is 1100. The van der Waals surface area contributed by atoms with Gasteiger partial charge in [0, 0.05) is 0 Å². The molecule has 32 heavy (non-hydrogen) atoms. The molecule has 0 spiro atoms. The number of para-hydroxylation sites is 1. The van der Waals surface area contributed by atoms with Gasteiger partial charge in [-0.3, -0.25) is 0 Å². The zero-order chi connectivity index (χ0) is 23.3. The normalized spacial score (nSPS) is 20.7. The number of esters is 1. The van der Waals surface area contributed by atoms with Gasteiger partial charge >= 0.3 is 18.3 Å². The minimum absolute atomic E-state index is 0.0490. The first-order chi connectivity index (χ1) is 15.0. The van der Waals surface area contributed by atoms with Crippen LogP contribution in [0, 0.1) is 0 Å². The van der Waals surface area contributed by atoms with Crippen LogP contribution >= 0.6 is 0 Å². The summed E-state index contributed by atoms with van der Waals surface area (Å²) in [5, 5.41) is 0. The van der Waals surface area contributed by atoms with E-state index < -0.39 is 47.5 Å². The molecule has 4 rings (SSSR count). The zero-order valence-corrected chi connectivity index (χ0v) is 16.4. The van der Waals surface area contributed by atoms with Gasteiger partial charge in [0.15, 0.2) is 6.23 Å². The molecule has 10 heteroatoms. The van der Waals surface area contributed by atoms with Gasteiger partial charge in [-0.15, -0.1) is 0 Å². The zero-order valence-electron chi connectivity index (χ0n) is 16.4. The van der Waals surface area contributed by atoms with Crippen molar-refractivity contribution in [2.75, 3.05) is 12.0 Å². The topological polar surface area (TPSA) is 38.8 Å². The Morgan fingerprint density at radius 1 is 0.969 bits per heavy atom. The van der Waals surface area contributed by atoms with Crippen LogP contribution in [0.4, 0.5) is 32.0 Å². The highest BCUT2D eigenvalue weighted by molar-refractivity contribution is 5.93. The number of carbonyl (C=O) groups excluding carboxylic acids is 1. The molecule has 0 bridgehead atoms. The molecule has 0 fully saturated rings. The van der Waals surface area contributed by atoms with Crippen LogP contribution in [0.2, 0.25) is 0 Å². The lowest BCUT2D eigenvalue weighted by Gasteiger charge is -2.44. The van der Waals surface area contributed by atoms with Gasteiger partial charge in [-0.05, 0) is 35.4 Å². The summed E-state index contributed by atoms with van der Waals surface area (Å²) < 4.78 is 92.2. The number of ether oxygens (including phenoxy) is 2. The first-order valence-electron chi connectivity index (χ1n) is 9.31. The molecule has 0 aromatic heterocycles. The summed E-state index contributed by atoms with van der Waals surface area (Å²) in [4.78, 5) is 13.4. The van der Waals surface area contributed by atoms with Crippen LogP contribution in [-0.2, 0) is 20.4 Å². The Morgan fingerprint density at radius 3 is 2.22 bits per heavy atom. The van der Waals surface area contributed by atoms with E-state index in [-0.39, 0.29) is 11.3 Å². The summed E-state index contributed by atoms with van der Waals surface area (Å²) in [6, 6.07) is 9.67. The van der Waals surface area contributed by atoms with Crippen LogP contribution in [0.25, 0.3) is 6.08 Å². The van der Waals surface area contributed by atoms with E-state index in [0.717, 1.165) is 36.3 Å². The van der Waals surface area contributed by atoms with E-state index in [9.17, 15) is 31.1 Å². The average Bonchev–Trinajstić information content (AvgIpc) is 2.75. The van der Waals surface area contributed by atoms with Crippen molar-refractivity contribution in [3.05, 3.63) is 82.6 Å². The first kappa shape index (κ1) is 21.9. The Morgan fingerprint density at radius 2 is 1.62 bits per heavy atom. The number of halogens is 6. The fourth-order valence-corrected chi connectivity index (χ4v) is 3.77. The number of allylic oxidation sites excluding steroid dienone is 1. The number of hydrogen-bond donors (Lipinski definition) is 0. The van der Waals surface area contributed by atoms with Crippen molar-refractivity contribution in [1.82, 2.24) is 0 Å². The van der Waals surface area contributed by atoms with E-state index in [1.54, 1.807) is 24.3 Å². The molecule has 2 atom stereocenters. The SMILES string of the molecule is COC(=O)C1=C(C(F)(F)F)N2c3ccccc3C=C[C@H]2O[C@H]1c1ccc(C(F)(F)F)cc1. The highest BCUT2D eigenvalue weighted by Gasteiger charge is 2.51. The molecular formula is C22H15F6NO3. The fraction of sp³-hybridized carbons (Fsp3) is 0.227. The van der Waals surface area contributed by atoms with Crippen molar-refractivity contribution in [1.29, 1.82) is 0 Å². The molecule has 2 heterocycles.